The Morgan fingerprint density at radius 2 is 1.93 bits per heavy atom. The number of fused-ring (bicyclic) bond motifs is 1. The van der Waals surface area contributed by atoms with E-state index >= 15 is 0 Å². The van der Waals surface area contributed by atoms with Gasteiger partial charge in [-0.15, -0.1) is 0 Å². The van der Waals surface area contributed by atoms with Gasteiger partial charge in [0.25, 0.3) is 5.91 Å². The molecule has 2 aliphatic heterocycles. The van der Waals surface area contributed by atoms with Gasteiger partial charge in [0.2, 0.25) is 5.17 Å². The lowest BCUT2D eigenvalue weighted by molar-refractivity contribution is -0.114. The number of amides is 1. The molecule has 0 unspecified atom stereocenters. The van der Waals surface area contributed by atoms with Crippen molar-refractivity contribution in [3.8, 4) is 5.69 Å². The van der Waals surface area contributed by atoms with Crippen molar-refractivity contribution in [1.82, 2.24) is 9.58 Å². The van der Waals surface area contributed by atoms with Crippen LogP contribution < -0.4 is 0 Å². The number of rotatable bonds is 3. The smallest absolute Gasteiger partial charge is 0.283 e. The topological polar surface area (TPSA) is 86.9 Å². The average Bonchev–Trinajstić information content (AvgIpc) is 3.44. The lowest BCUT2D eigenvalue weighted by Crippen LogP contribution is -2.35. The molecule has 1 amide bonds. The lowest BCUT2D eigenvalue weighted by atomic mass is 10.1. The first-order chi connectivity index (χ1) is 14.5. The van der Waals surface area contributed by atoms with Gasteiger partial charge in [0.1, 0.15) is 0 Å². The van der Waals surface area contributed by atoms with Crippen molar-refractivity contribution in [2.45, 2.75) is 0 Å². The molecule has 10 heteroatoms. The van der Waals surface area contributed by atoms with Crippen molar-refractivity contribution in [1.29, 1.82) is 5.41 Å². The summed E-state index contributed by atoms with van der Waals surface area (Å²) in [6, 6.07) is 12.3. The zero-order valence-electron chi connectivity index (χ0n) is 15.0. The molecule has 0 fully saturated rings. The molecular formula is C20H11Cl2N5O2S. The van der Waals surface area contributed by atoms with Crippen LogP contribution in [0.15, 0.2) is 75.0 Å². The molecule has 0 radical (unpaired) electrons. The number of halogens is 2. The van der Waals surface area contributed by atoms with E-state index in [1.54, 1.807) is 36.4 Å². The normalized spacial score (nSPS) is 17.4. The fourth-order valence-electron chi connectivity index (χ4n) is 3.07. The number of hydrogen-bond donors (Lipinski definition) is 1. The van der Waals surface area contributed by atoms with Gasteiger partial charge in [0.05, 0.1) is 11.8 Å². The zero-order chi connectivity index (χ0) is 20.8. The molecule has 2 aliphatic rings. The maximum atomic E-state index is 12.7. The number of carbonyl (C=O) groups is 1. The number of nitrogens with one attached hydrogen (secondary N) is 1. The molecule has 148 valence electrons. The van der Waals surface area contributed by atoms with Crippen LogP contribution in [0.5, 0.6) is 0 Å². The predicted octanol–water partition coefficient (Wildman–Crippen LogP) is 5.04. The lowest BCUT2D eigenvalue weighted by Gasteiger charge is -2.20. The van der Waals surface area contributed by atoms with Crippen LogP contribution >= 0.6 is 35.0 Å². The second-order valence-electron chi connectivity index (χ2n) is 6.33. The van der Waals surface area contributed by atoms with E-state index in [0.29, 0.717) is 31.7 Å². The Hall–Kier alpha value is -3.07. The van der Waals surface area contributed by atoms with Crippen molar-refractivity contribution in [3.63, 3.8) is 0 Å². The van der Waals surface area contributed by atoms with E-state index in [2.05, 4.69) is 10.1 Å². The number of thioether (sulfide) groups is 1. The molecule has 5 rings (SSSR count). The summed E-state index contributed by atoms with van der Waals surface area (Å²) in [5.74, 6) is -0.0166. The Balaban J connectivity index is 1.53. The van der Waals surface area contributed by atoms with Crippen LogP contribution in [0, 0.1) is 5.41 Å². The maximum Gasteiger partial charge on any atom is 0.283 e. The summed E-state index contributed by atoms with van der Waals surface area (Å²) >= 11 is 13.4. The first-order valence-corrected chi connectivity index (χ1v) is 10.2. The first-order valence-electron chi connectivity index (χ1n) is 8.67. The fourth-order valence-corrected chi connectivity index (χ4v) is 4.44. The van der Waals surface area contributed by atoms with E-state index in [0.717, 1.165) is 5.69 Å². The molecule has 1 N–H and O–H groups in total. The van der Waals surface area contributed by atoms with Crippen LogP contribution in [0.4, 0.5) is 0 Å². The molecule has 2 aromatic heterocycles. The number of aromatic nitrogens is 1. The summed E-state index contributed by atoms with van der Waals surface area (Å²) in [6.45, 7) is 0. The van der Waals surface area contributed by atoms with E-state index in [1.165, 1.54) is 23.0 Å². The van der Waals surface area contributed by atoms with Gasteiger partial charge in [-0.1, -0.05) is 23.2 Å². The molecule has 0 saturated carbocycles. The molecular weight excluding hydrogens is 445 g/mol. The van der Waals surface area contributed by atoms with Gasteiger partial charge >= 0.3 is 0 Å². The van der Waals surface area contributed by atoms with E-state index in [1.807, 2.05) is 22.9 Å². The highest BCUT2D eigenvalue weighted by molar-refractivity contribution is 8.27. The molecule has 0 saturated heterocycles. The van der Waals surface area contributed by atoms with Crippen molar-refractivity contribution in [3.05, 3.63) is 82.0 Å². The fraction of sp³-hybridized carbons (Fsp3) is 0. The van der Waals surface area contributed by atoms with Gasteiger partial charge in [-0.05, 0) is 60.3 Å². The summed E-state index contributed by atoms with van der Waals surface area (Å²) in [5, 5.41) is 16.1. The molecule has 0 spiro atoms. The third kappa shape index (κ3) is 3.28. The number of benzene rings is 1. The summed E-state index contributed by atoms with van der Waals surface area (Å²) in [4.78, 5) is 16.8. The third-order valence-corrected chi connectivity index (χ3v) is 5.74. The van der Waals surface area contributed by atoms with Crippen molar-refractivity contribution >= 4 is 63.0 Å². The number of carbonyl (C=O) groups excluding carboxylic acids is 1. The highest BCUT2D eigenvalue weighted by Crippen LogP contribution is 2.31. The monoisotopic (exact) mass is 455 g/mol. The van der Waals surface area contributed by atoms with Crippen LogP contribution in [-0.4, -0.2) is 31.5 Å². The van der Waals surface area contributed by atoms with Crippen molar-refractivity contribution < 1.29 is 9.21 Å². The minimum absolute atomic E-state index is 0.0593. The molecule has 30 heavy (non-hydrogen) atoms. The largest absolute Gasteiger partial charge is 0.462 e. The number of furan rings is 1. The Bertz CT molecular complexity index is 1270. The number of aliphatic imine (C=N–C) groups is 1. The van der Waals surface area contributed by atoms with Gasteiger partial charge in [0.15, 0.2) is 16.6 Å². The number of nitrogens with zero attached hydrogens (tertiary/aromatic N) is 4. The highest BCUT2D eigenvalue weighted by Gasteiger charge is 2.36. The summed E-state index contributed by atoms with van der Waals surface area (Å²) in [5.41, 5.74) is 1.53. The van der Waals surface area contributed by atoms with Crippen molar-refractivity contribution in [2.75, 3.05) is 0 Å². The zero-order valence-corrected chi connectivity index (χ0v) is 17.4. The van der Waals surface area contributed by atoms with E-state index in [4.69, 9.17) is 33.0 Å². The van der Waals surface area contributed by atoms with Crippen LogP contribution in [0.1, 0.15) is 11.5 Å². The van der Waals surface area contributed by atoms with E-state index in [9.17, 15) is 4.79 Å². The first kappa shape index (κ1) is 18.9. The van der Waals surface area contributed by atoms with Crippen molar-refractivity contribution in [2.24, 2.45) is 10.1 Å². The molecule has 4 heterocycles. The Kier molecular flexibility index (Phi) is 4.62. The molecule has 0 aliphatic carbocycles. The summed E-state index contributed by atoms with van der Waals surface area (Å²) in [6.07, 6.45) is 4.96. The molecule has 0 bridgehead atoms. The molecule has 3 aromatic rings. The highest BCUT2D eigenvalue weighted by atomic mass is 35.5. The van der Waals surface area contributed by atoms with E-state index in [-0.39, 0.29) is 11.4 Å². The Morgan fingerprint density at radius 1 is 1.13 bits per heavy atom. The van der Waals surface area contributed by atoms with Gasteiger partial charge in [-0.2, -0.15) is 15.1 Å². The van der Waals surface area contributed by atoms with Gasteiger partial charge < -0.3 is 8.98 Å². The van der Waals surface area contributed by atoms with Gasteiger partial charge in [0, 0.05) is 27.6 Å². The third-order valence-electron chi connectivity index (χ3n) is 4.38. The minimum atomic E-state index is -0.508. The minimum Gasteiger partial charge on any atom is -0.462 e. The maximum absolute atomic E-state index is 12.7. The van der Waals surface area contributed by atoms with Gasteiger partial charge in [-0.3, -0.25) is 10.2 Å². The van der Waals surface area contributed by atoms with Crippen LogP contribution in [0.2, 0.25) is 10.0 Å². The quantitative estimate of drug-likeness (QED) is 0.560. The predicted molar refractivity (Wildman–Crippen MR) is 119 cm³/mol. The summed E-state index contributed by atoms with van der Waals surface area (Å²) in [7, 11) is 0. The number of hydrazone groups is 1. The molecule has 0 atom stereocenters. The summed E-state index contributed by atoms with van der Waals surface area (Å²) < 4.78 is 7.17. The average molecular weight is 456 g/mol. The van der Waals surface area contributed by atoms with E-state index < -0.39 is 5.91 Å². The SMILES string of the molecule is N=C1/C(=C\c2cccn2-c2cc(Cl)cc(Cl)c2)C(=O)N=C2SC(c3ccco3)=NN12. The van der Waals surface area contributed by atoms with Gasteiger partial charge in [-0.25, -0.2) is 0 Å². The molecule has 1 aromatic carbocycles. The second kappa shape index (κ2) is 7.32. The van der Waals surface area contributed by atoms with Crippen LogP contribution in [0.25, 0.3) is 11.8 Å². The number of amidine groups is 2. The molecule has 7 nitrogen and oxygen atoms in total. The second-order valence-corrected chi connectivity index (χ2v) is 8.16. The van der Waals surface area contributed by atoms with Crippen LogP contribution in [-0.2, 0) is 4.79 Å². The van der Waals surface area contributed by atoms with Crippen LogP contribution in [0.3, 0.4) is 0 Å². The Morgan fingerprint density at radius 3 is 2.67 bits per heavy atom. The number of hydrogen-bond acceptors (Lipinski definition) is 5. The Labute approximate surface area is 184 Å². The standard InChI is InChI=1S/C20H11Cl2N5O2S/c21-11-7-12(22)9-14(8-11)26-5-1-3-13(26)10-15-17(23)27-20(24-18(15)28)30-19(25-27)16-4-2-6-29-16/h1-10,23H/b15-10+,23-17?.